The lowest BCUT2D eigenvalue weighted by Crippen LogP contribution is -2.02. The second kappa shape index (κ2) is 9.79. The maximum Gasteiger partial charge on any atom is 0.220 e. The largest absolute Gasteiger partial charge is 0.292 e. The number of aromatic nitrogens is 5. The Labute approximate surface area is 260 Å². The predicted octanol–water partition coefficient (Wildman–Crippen LogP) is 9.72. The van der Waals surface area contributed by atoms with Gasteiger partial charge in [0.1, 0.15) is 5.82 Å². The summed E-state index contributed by atoms with van der Waals surface area (Å²) in [7, 11) is 0. The molecule has 0 radical (unpaired) electrons. The first-order valence-corrected chi connectivity index (χ1v) is 15.3. The van der Waals surface area contributed by atoms with E-state index in [0.717, 1.165) is 67.1 Å². The molecule has 3 aromatic heterocycles. The molecule has 214 valence electrons. The molecule has 45 heavy (non-hydrogen) atoms. The molecule has 0 unspecified atom stereocenters. The Kier molecular flexibility index (Phi) is 5.56. The SMILES string of the molecule is Cc1cccc(C)c1-n1c(-c2cccc(-c3cccc(-n4c5ccccc5n5c6ccccc6nc45)c3)c2)nc2ccccc21. The molecule has 0 amide bonds. The average Bonchev–Trinajstić information content (AvgIpc) is 3.74. The number of hydrogen-bond donors (Lipinski definition) is 0. The van der Waals surface area contributed by atoms with E-state index in [9.17, 15) is 0 Å². The highest BCUT2D eigenvalue weighted by Crippen LogP contribution is 2.35. The van der Waals surface area contributed by atoms with E-state index in [1.54, 1.807) is 0 Å². The second-order valence-electron chi connectivity index (χ2n) is 11.7. The van der Waals surface area contributed by atoms with Gasteiger partial charge in [-0.2, -0.15) is 0 Å². The van der Waals surface area contributed by atoms with Gasteiger partial charge in [-0.1, -0.05) is 84.9 Å². The summed E-state index contributed by atoms with van der Waals surface area (Å²) in [5, 5.41) is 0. The normalized spacial score (nSPS) is 11.8. The van der Waals surface area contributed by atoms with Crippen LogP contribution in [-0.4, -0.2) is 23.5 Å². The van der Waals surface area contributed by atoms with Crippen molar-refractivity contribution in [3.05, 3.63) is 151 Å². The van der Waals surface area contributed by atoms with Gasteiger partial charge < -0.3 is 0 Å². The molecule has 9 rings (SSSR count). The zero-order valence-electron chi connectivity index (χ0n) is 25.0. The highest BCUT2D eigenvalue weighted by molar-refractivity contribution is 5.92. The van der Waals surface area contributed by atoms with Crippen LogP contribution in [0.4, 0.5) is 0 Å². The number of imidazole rings is 3. The molecule has 3 heterocycles. The topological polar surface area (TPSA) is 40.0 Å². The summed E-state index contributed by atoms with van der Waals surface area (Å²) in [5.41, 5.74) is 14.5. The van der Waals surface area contributed by atoms with Crippen molar-refractivity contribution in [3.8, 4) is 33.9 Å². The van der Waals surface area contributed by atoms with Crippen molar-refractivity contribution in [2.24, 2.45) is 0 Å². The summed E-state index contributed by atoms with van der Waals surface area (Å²) in [6.45, 7) is 4.35. The smallest absolute Gasteiger partial charge is 0.220 e. The highest BCUT2D eigenvalue weighted by atomic mass is 15.2. The van der Waals surface area contributed by atoms with Crippen LogP contribution in [0.1, 0.15) is 11.1 Å². The minimum Gasteiger partial charge on any atom is -0.292 e. The summed E-state index contributed by atoms with van der Waals surface area (Å²) in [6.07, 6.45) is 0. The lowest BCUT2D eigenvalue weighted by molar-refractivity contribution is 1.06. The number of benzene rings is 6. The van der Waals surface area contributed by atoms with Gasteiger partial charge in [0.2, 0.25) is 5.78 Å². The van der Waals surface area contributed by atoms with Crippen molar-refractivity contribution in [2.45, 2.75) is 13.8 Å². The van der Waals surface area contributed by atoms with Crippen LogP contribution < -0.4 is 0 Å². The lowest BCUT2D eigenvalue weighted by Gasteiger charge is -2.16. The van der Waals surface area contributed by atoms with Gasteiger partial charge in [0, 0.05) is 11.3 Å². The molecule has 6 aromatic carbocycles. The fourth-order valence-electron chi connectivity index (χ4n) is 6.87. The van der Waals surface area contributed by atoms with Gasteiger partial charge in [0.25, 0.3) is 0 Å². The first-order valence-electron chi connectivity index (χ1n) is 15.3. The third-order valence-electron chi connectivity index (χ3n) is 8.89. The molecule has 0 atom stereocenters. The maximum absolute atomic E-state index is 5.17. The molecule has 0 N–H and O–H groups in total. The fraction of sp³-hybridized carbons (Fsp3) is 0.0500. The Morgan fingerprint density at radius 1 is 0.444 bits per heavy atom. The van der Waals surface area contributed by atoms with E-state index >= 15 is 0 Å². The Hall–Kier alpha value is -5.94. The second-order valence-corrected chi connectivity index (χ2v) is 11.7. The number of fused-ring (bicyclic) bond motifs is 6. The minimum atomic E-state index is 0.908. The number of para-hydroxylation sites is 7. The maximum atomic E-state index is 5.17. The number of aryl methyl sites for hydroxylation is 2. The van der Waals surface area contributed by atoms with Crippen LogP contribution in [0.25, 0.3) is 72.8 Å². The molecule has 0 bridgehead atoms. The van der Waals surface area contributed by atoms with Gasteiger partial charge in [0.15, 0.2) is 0 Å². The third-order valence-corrected chi connectivity index (χ3v) is 8.89. The summed E-state index contributed by atoms with van der Waals surface area (Å²) >= 11 is 0. The van der Waals surface area contributed by atoms with Crippen molar-refractivity contribution < 1.29 is 0 Å². The van der Waals surface area contributed by atoms with Crippen LogP contribution in [0.5, 0.6) is 0 Å². The Balaban J connectivity index is 1.22. The van der Waals surface area contributed by atoms with E-state index in [1.807, 2.05) is 6.07 Å². The quantitative estimate of drug-likeness (QED) is 0.208. The molecule has 0 aliphatic rings. The monoisotopic (exact) mass is 579 g/mol. The zero-order valence-corrected chi connectivity index (χ0v) is 25.0. The summed E-state index contributed by atoms with van der Waals surface area (Å²) in [5.74, 6) is 1.85. The number of hydrogen-bond acceptors (Lipinski definition) is 2. The molecular formula is C40H29N5. The summed E-state index contributed by atoms with van der Waals surface area (Å²) in [6, 6.07) is 49.2. The van der Waals surface area contributed by atoms with Gasteiger partial charge >= 0.3 is 0 Å². The van der Waals surface area contributed by atoms with Crippen LogP contribution >= 0.6 is 0 Å². The Morgan fingerprint density at radius 2 is 1.02 bits per heavy atom. The van der Waals surface area contributed by atoms with Gasteiger partial charge in [-0.25, -0.2) is 9.97 Å². The molecule has 0 saturated heterocycles. The van der Waals surface area contributed by atoms with Crippen LogP contribution in [-0.2, 0) is 0 Å². The third kappa shape index (κ3) is 3.87. The molecule has 0 spiro atoms. The summed E-state index contributed by atoms with van der Waals surface area (Å²) < 4.78 is 6.85. The van der Waals surface area contributed by atoms with Crippen molar-refractivity contribution >= 4 is 38.9 Å². The average molecular weight is 580 g/mol. The lowest BCUT2D eigenvalue weighted by atomic mass is 10.0. The molecule has 9 aromatic rings. The van der Waals surface area contributed by atoms with E-state index in [-0.39, 0.29) is 0 Å². The first-order chi connectivity index (χ1) is 22.2. The zero-order chi connectivity index (χ0) is 30.1. The molecule has 5 heteroatoms. The van der Waals surface area contributed by atoms with Crippen LogP contribution in [0.3, 0.4) is 0 Å². The minimum absolute atomic E-state index is 0.908. The van der Waals surface area contributed by atoms with E-state index < -0.39 is 0 Å². The fourth-order valence-corrected chi connectivity index (χ4v) is 6.87. The van der Waals surface area contributed by atoms with Gasteiger partial charge in [-0.15, -0.1) is 0 Å². The van der Waals surface area contributed by atoms with Gasteiger partial charge in [-0.05, 0) is 90.7 Å². The molecule has 0 saturated carbocycles. The standard InChI is InChI=1S/C40H29N5/c1-26-12-9-13-27(2)38(26)45-35-21-6-3-18-32(35)41-39(45)30-16-10-14-28(24-30)29-15-11-17-31(25-29)43-36-22-7-8-23-37(36)44-34-20-5-4-19-33(34)42-40(43)44/h3-25H,1-2H3. The molecule has 5 nitrogen and oxygen atoms in total. The highest BCUT2D eigenvalue weighted by Gasteiger charge is 2.19. The van der Waals surface area contributed by atoms with E-state index in [0.29, 0.717) is 0 Å². The van der Waals surface area contributed by atoms with Crippen molar-refractivity contribution in [1.29, 1.82) is 0 Å². The Bertz CT molecular complexity index is 2560. The molecule has 0 fully saturated rings. The van der Waals surface area contributed by atoms with Crippen molar-refractivity contribution in [2.75, 3.05) is 0 Å². The molecule has 0 aliphatic heterocycles. The van der Waals surface area contributed by atoms with Crippen LogP contribution in [0.15, 0.2) is 140 Å². The molecular weight excluding hydrogens is 550 g/mol. The number of rotatable bonds is 4. The van der Waals surface area contributed by atoms with Gasteiger partial charge in [0.05, 0.1) is 38.8 Å². The van der Waals surface area contributed by atoms with E-state index in [1.165, 1.54) is 16.8 Å². The van der Waals surface area contributed by atoms with Crippen LogP contribution in [0.2, 0.25) is 0 Å². The van der Waals surface area contributed by atoms with Crippen LogP contribution in [0, 0.1) is 13.8 Å². The summed E-state index contributed by atoms with van der Waals surface area (Å²) in [4.78, 5) is 10.2. The van der Waals surface area contributed by atoms with Crippen molar-refractivity contribution in [3.63, 3.8) is 0 Å². The first kappa shape index (κ1) is 25.5. The Morgan fingerprint density at radius 3 is 1.80 bits per heavy atom. The predicted molar refractivity (Wildman–Crippen MR) is 185 cm³/mol. The van der Waals surface area contributed by atoms with E-state index in [4.69, 9.17) is 9.97 Å². The molecule has 0 aliphatic carbocycles. The van der Waals surface area contributed by atoms with E-state index in [2.05, 4.69) is 161 Å². The van der Waals surface area contributed by atoms with Gasteiger partial charge in [-0.3, -0.25) is 13.5 Å². The van der Waals surface area contributed by atoms with Crippen molar-refractivity contribution in [1.82, 2.24) is 23.5 Å². The number of nitrogens with zero attached hydrogens (tertiary/aromatic N) is 5.